The van der Waals surface area contributed by atoms with Crippen molar-refractivity contribution in [2.75, 3.05) is 13.7 Å². The average molecular weight is 367 g/mol. The maximum Gasteiger partial charge on any atom is 0.263 e. The number of ether oxygens (including phenoxy) is 1. The highest BCUT2D eigenvalue weighted by Gasteiger charge is 2.13. The monoisotopic (exact) mass is 367 g/mol. The number of nitrogens with zero attached hydrogens (tertiary/aromatic N) is 1. The molecule has 2 aromatic rings. The Bertz CT molecular complexity index is 824. The van der Waals surface area contributed by atoms with E-state index < -0.39 is 5.91 Å². The van der Waals surface area contributed by atoms with Gasteiger partial charge in [-0.1, -0.05) is 24.3 Å². The predicted molar refractivity (Wildman–Crippen MR) is 101 cm³/mol. The van der Waals surface area contributed by atoms with Gasteiger partial charge in [-0.05, 0) is 48.7 Å². The zero-order valence-electron chi connectivity index (χ0n) is 15.3. The van der Waals surface area contributed by atoms with Crippen molar-refractivity contribution in [1.29, 1.82) is 5.26 Å². The normalized spacial score (nSPS) is 12.0. The third-order valence-corrected chi connectivity index (χ3v) is 4.05. The number of hydrogen-bond acceptors (Lipinski definition) is 4. The predicted octanol–water partition coefficient (Wildman–Crippen LogP) is 3.25. The Morgan fingerprint density at radius 1 is 1.22 bits per heavy atom. The molecule has 5 nitrogen and oxygen atoms in total. The number of carbonyl (C=O) groups excluding carboxylic acids is 1. The molecule has 1 unspecified atom stereocenters. The topological polar surface area (TPSA) is 74.1 Å². The first-order valence-corrected chi connectivity index (χ1v) is 8.56. The number of nitrogens with one attached hydrogen (secondary N) is 2. The largest absolute Gasteiger partial charge is 0.497 e. The van der Waals surface area contributed by atoms with Gasteiger partial charge in [0.15, 0.2) is 0 Å². The van der Waals surface area contributed by atoms with E-state index in [9.17, 15) is 14.4 Å². The number of hydrogen-bond donors (Lipinski definition) is 2. The van der Waals surface area contributed by atoms with Crippen LogP contribution in [0.15, 0.2) is 60.3 Å². The van der Waals surface area contributed by atoms with E-state index in [0.29, 0.717) is 13.0 Å². The first-order valence-electron chi connectivity index (χ1n) is 8.56. The van der Waals surface area contributed by atoms with Crippen molar-refractivity contribution in [1.82, 2.24) is 10.6 Å². The first kappa shape index (κ1) is 20.0. The van der Waals surface area contributed by atoms with Gasteiger partial charge in [0.25, 0.3) is 5.91 Å². The fourth-order valence-corrected chi connectivity index (χ4v) is 2.44. The molecule has 6 heteroatoms. The molecular weight excluding hydrogens is 345 g/mol. The summed E-state index contributed by atoms with van der Waals surface area (Å²) >= 11 is 0. The van der Waals surface area contributed by atoms with Crippen molar-refractivity contribution in [3.05, 3.63) is 77.2 Å². The minimum absolute atomic E-state index is 0.00512. The van der Waals surface area contributed by atoms with Gasteiger partial charge in [-0.3, -0.25) is 4.79 Å². The molecule has 0 saturated heterocycles. The summed E-state index contributed by atoms with van der Waals surface area (Å²) in [6, 6.07) is 15.2. The molecule has 0 spiro atoms. The third-order valence-electron chi connectivity index (χ3n) is 4.05. The summed E-state index contributed by atoms with van der Waals surface area (Å²) in [6.07, 6.45) is 2.05. The van der Waals surface area contributed by atoms with Gasteiger partial charge in [0, 0.05) is 12.7 Å². The highest BCUT2D eigenvalue weighted by atomic mass is 19.1. The van der Waals surface area contributed by atoms with Crippen LogP contribution in [0, 0.1) is 17.1 Å². The smallest absolute Gasteiger partial charge is 0.263 e. The summed E-state index contributed by atoms with van der Waals surface area (Å²) in [5.74, 6) is 0.0105. The van der Waals surface area contributed by atoms with Crippen molar-refractivity contribution in [2.24, 2.45) is 0 Å². The van der Waals surface area contributed by atoms with Crippen LogP contribution in [0.1, 0.15) is 24.1 Å². The maximum atomic E-state index is 12.9. The van der Waals surface area contributed by atoms with E-state index in [1.165, 1.54) is 18.3 Å². The zero-order valence-corrected chi connectivity index (χ0v) is 15.3. The first-order chi connectivity index (χ1) is 13.0. The molecule has 0 heterocycles. The quantitative estimate of drug-likeness (QED) is 0.427. The summed E-state index contributed by atoms with van der Waals surface area (Å²) in [5.41, 5.74) is 1.87. The minimum atomic E-state index is -0.449. The van der Waals surface area contributed by atoms with Crippen LogP contribution < -0.4 is 15.4 Å². The molecule has 1 atom stereocenters. The van der Waals surface area contributed by atoms with Crippen LogP contribution in [0.25, 0.3) is 0 Å². The van der Waals surface area contributed by atoms with Gasteiger partial charge in [0.05, 0.1) is 13.2 Å². The van der Waals surface area contributed by atoms with E-state index in [1.807, 2.05) is 37.3 Å². The lowest BCUT2D eigenvalue weighted by molar-refractivity contribution is -0.117. The Hall–Kier alpha value is -3.33. The van der Waals surface area contributed by atoms with Crippen molar-refractivity contribution < 1.29 is 13.9 Å². The van der Waals surface area contributed by atoms with Crippen molar-refractivity contribution in [3.63, 3.8) is 0 Å². The number of rotatable bonds is 8. The van der Waals surface area contributed by atoms with Crippen LogP contribution >= 0.6 is 0 Å². The Kier molecular flexibility index (Phi) is 7.38. The number of carbonyl (C=O) groups is 1. The van der Waals surface area contributed by atoms with Gasteiger partial charge in [0.1, 0.15) is 23.2 Å². The molecule has 0 aromatic heterocycles. The van der Waals surface area contributed by atoms with Crippen molar-refractivity contribution in [3.8, 4) is 11.8 Å². The number of methoxy groups -OCH3 is 1. The molecule has 2 aromatic carbocycles. The molecular formula is C21H22FN3O2. The lowest BCUT2D eigenvalue weighted by Gasteiger charge is -2.14. The van der Waals surface area contributed by atoms with E-state index in [4.69, 9.17) is 4.74 Å². The molecule has 0 bridgehead atoms. The third kappa shape index (κ3) is 6.15. The van der Waals surface area contributed by atoms with Gasteiger partial charge in [-0.25, -0.2) is 4.39 Å². The van der Waals surface area contributed by atoms with Gasteiger partial charge in [-0.2, -0.15) is 5.26 Å². The second-order valence-corrected chi connectivity index (χ2v) is 5.97. The molecule has 0 aliphatic heterocycles. The van der Waals surface area contributed by atoms with Gasteiger partial charge in [-0.15, -0.1) is 0 Å². The molecule has 0 aliphatic rings. The summed E-state index contributed by atoms with van der Waals surface area (Å²) in [7, 11) is 1.59. The zero-order chi connectivity index (χ0) is 19.6. The van der Waals surface area contributed by atoms with E-state index in [-0.39, 0.29) is 17.4 Å². The fraction of sp³-hybridized carbons (Fsp3) is 0.238. The molecule has 140 valence electrons. The molecule has 1 amide bonds. The van der Waals surface area contributed by atoms with E-state index >= 15 is 0 Å². The van der Waals surface area contributed by atoms with Crippen LogP contribution in [0.2, 0.25) is 0 Å². The van der Waals surface area contributed by atoms with Gasteiger partial charge < -0.3 is 15.4 Å². The number of benzene rings is 2. The van der Waals surface area contributed by atoms with Gasteiger partial charge >= 0.3 is 0 Å². The van der Waals surface area contributed by atoms with Crippen LogP contribution in [0.5, 0.6) is 5.75 Å². The number of amides is 1. The SMILES string of the molecule is COc1ccc(C(C)NC(=O)/C(C#N)=C\NCCc2ccc(F)cc2)cc1. The van der Waals surface area contributed by atoms with Crippen LogP contribution in [0.4, 0.5) is 4.39 Å². The summed E-state index contributed by atoms with van der Waals surface area (Å²) < 4.78 is 18.0. The van der Waals surface area contributed by atoms with Crippen LogP contribution in [0.3, 0.4) is 0 Å². The molecule has 2 N–H and O–H groups in total. The Labute approximate surface area is 158 Å². The molecule has 0 aliphatic carbocycles. The van der Waals surface area contributed by atoms with Crippen LogP contribution in [-0.2, 0) is 11.2 Å². The number of halogens is 1. The van der Waals surface area contributed by atoms with E-state index in [1.54, 1.807) is 19.2 Å². The standard InChI is InChI=1S/C21H22FN3O2/c1-15(17-5-9-20(27-2)10-6-17)25-21(26)18(13-23)14-24-12-11-16-3-7-19(22)8-4-16/h3-10,14-15,24H,11-12H2,1-2H3,(H,25,26)/b18-14-. The summed E-state index contributed by atoms with van der Waals surface area (Å²) in [5, 5.41) is 15.0. The molecule has 0 radical (unpaired) electrons. The second kappa shape index (κ2) is 9.97. The second-order valence-electron chi connectivity index (χ2n) is 5.97. The summed E-state index contributed by atoms with van der Waals surface area (Å²) in [4.78, 5) is 12.3. The Balaban J connectivity index is 1.87. The lowest BCUT2D eigenvalue weighted by Crippen LogP contribution is -2.28. The average Bonchev–Trinajstić information content (AvgIpc) is 2.69. The van der Waals surface area contributed by atoms with E-state index in [2.05, 4.69) is 10.6 Å². The molecule has 0 fully saturated rings. The number of nitriles is 1. The van der Waals surface area contributed by atoms with Crippen LogP contribution in [-0.4, -0.2) is 19.6 Å². The maximum absolute atomic E-state index is 12.9. The molecule has 0 saturated carbocycles. The fourth-order valence-electron chi connectivity index (χ4n) is 2.44. The Morgan fingerprint density at radius 2 is 1.89 bits per heavy atom. The van der Waals surface area contributed by atoms with Crippen molar-refractivity contribution >= 4 is 5.91 Å². The lowest BCUT2D eigenvalue weighted by atomic mass is 10.1. The van der Waals surface area contributed by atoms with Crippen molar-refractivity contribution in [2.45, 2.75) is 19.4 Å². The Morgan fingerprint density at radius 3 is 2.48 bits per heavy atom. The molecule has 27 heavy (non-hydrogen) atoms. The highest BCUT2D eigenvalue weighted by Crippen LogP contribution is 2.17. The molecule has 2 rings (SSSR count). The minimum Gasteiger partial charge on any atom is -0.497 e. The summed E-state index contributed by atoms with van der Waals surface area (Å²) in [6.45, 7) is 2.37. The highest BCUT2D eigenvalue weighted by molar-refractivity contribution is 5.97. The van der Waals surface area contributed by atoms with Gasteiger partial charge in [0.2, 0.25) is 0 Å². The van der Waals surface area contributed by atoms with E-state index in [0.717, 1.165) is 16.9 Å².